The van der Waals surface area contributed by atoms with Crippen LogP contribution in [0.3, 0.4) is 0 Å². The largest absolute Gasteiger partial charge is 0.392 e. The summed E-state index contributed by atoms with van der Waals surface area (Å²) in [7, 11) is -3.55. The number of thiocarbonyl (C=S) groups is 1. The number of nitrogens with one attached hydrogen (secondary N) is 1. The first-order valence-corrected chi connectivity index (χ1v) is 7.78. The minimum absolute atomic E-state index is 0.0244. The maximum absolute atomic E-state index is 12.0. The summed E-state index contributed by atoms with van der Waals surface area (Å²) in [4.78, 5) is -0.0244. The van der Waals surface area contributed by atoms with Gasteiger partial charge >= 0.3 is 0 Å². The third-order valence-corrected chi connectivity index (χ3v) is 5.43. The smallest absolute Gasteiger partial charge is 0.241 e. The summed E-state index contributed by atoms with van der Waals surface area (Å²) < 4.78 is 26.5. The minimum Gasteiger partial charge on any atom is -0.392 e. The van der Waals surface area contributed by atoms with E-state index < -0.39 is 15.3 Å². The van der Waals surface area contributed by atoms with Crippen molar-refractivity contribution in [2.24, 2.45) is 5.73 Å². The van der Waals surface area contributed by atoms with Crippen LogP contribution in [0.1, 0.15) is 24.5 Å². The highest BCUT2D eigenvalue weighted by atomic mass is 32.2. The van der Waals surface area contributed by atoms with Crippen molar-refractivity contribution < 1.29 is 8.42 Å². The van der Waals surface area contributed by atoms with E-state index in [0.717, 1.165) is 19.3 Å². The van der Waals surface area contributed by atoms with Crippen LogP contribution < -0.4 is 10.5 Å². The maximum atomic E-state index is 12.0. The fourth-order valence-corrected chi connectivity index (χ4v) is 3.36. The molecule has 1 aliphatic rings. The first-order valence-electron chi connectivity index (χ1n) is 5.83. The van der Waals surface area contributed by atoms with Crippen LogP contribution in [0.5, 0.6) is 0 Å². The fourth-order valence-electron chi connectivity index (χ4n) is 2.04. The second kappa shape index (κ2) is 4.85. The molecule has 0 radical (unpaired) electrons. The van der Waals surface area contributed by atoms with Crippen molar-refractivity contribution >= 4 is 32.9 Å². The molecule has 2 rings (SSSR count). The topological polar surface area (TPSA) is 72.2 Å². The Balaban J connectivity index is 2.22. The van der Waals surface area contributed by atoms with Crippen LogP contribution in [0, 0.1) is 0 Å². The molecule has 3 N–H and O–H groups in total. The molecule has 0 spiro atoms. The molecule has 98 valence electrons. The van der Waals surface area contributed by atoms with E-state index in [-0.39, 0.29) is 4.99 Å². The molecule has 0 fully saturated rings. The lowest BCUT2D eigenvalue weighted by molar-refractivity contribution is 0.598. The number of rotatable bonds is 4. The van der Waals surface area contributed by atoms with Crippen LogP contribution in [-0.4, -0.2) is 18.7 Å². The Labute approximate surface area is 113 Å². The summed E-state index contributed by atoms with van der Waals surface area (Å²) in [5, 5.41) is -0.874. The quantitative estimate of drug-likeness (QED) is 0.824. The minimum atomic E-state index is -3.55. The van der Waals surface area contributed by atoms with E-state index >= 15 is 0 Å². The summed E-state index contributed by atoms with van der Waals surface area (Å²) in [5.41, 5.74) is 8.49. The van der Waals surface area contributed by atoms with Gasteiger partial charge in [-0.05, 0) is 49.4 Å². The van der Waals surface area contributed by atoms with Gasteiger partial charge in [-0.25, -0.2) is 8.42 Å². The van der Waals surface area contributed by atoms with Crippen molar-refractivity contribution in [3.05, 3.63) is 29.3 Å². The molecule has 0 aliphatic heterocycles. The van der Waals surface area contributed by atoms with Crippen molar-refractivity contribution in [1.82, 2.24) is 0 Å². The van der Waals surface area contributed by atoms with E-state index in [1.54, 1.807) is 6.07 Å². The normalized spacial score (nSPS) is 16.1. The Hall–Kier alpha value is -1.14. The predicted octanol–water partition coefficient (Wildman–Crippen LogP) is 1.59. The van der Waals surface area contributed by atoms with Gasteiger partial charge < -0.3 is 5.73 Å². The highest BCUT2D eigenvalue weighted by molar-refractivity contribution is 7.95. The third kappa shape index (κ3) is 2.64. The Morgan fingerprint density at radius 1 is 1.39 bits per heavy atom. The van der Waals surface area contributed by atoms with Crippen LogP contribution in [0.25, 0.3) is 0 Å². The van der Waals surface area contributed by atoms with E-state index in [2.05, 4.69) is 4.72 Å². The van der Waals surface area contributed by atoms with Gasteiger partial charge in [0.1, 0.15) is 5.25 Å². The highest BCUT2D eigenvalue weighted by Crippen LogP contribution is 2.25. The van der Waals surface area contributed by atoms with Crippen molar-refractivity contribution in [3.63, 3.8) is 0 Å². The van der Waals surface area contributed by atoms with Crippen molar-refractivity contribution in [1.29, 1.82) is 0 Å². The molecule has 0 bridgehead atoms. The SMILES string of the molecule is CC(C(N)=S)S(=O)(=O)Nc1ccc2c(c1)CCC2. The Kier molecular flexibility index (Phi) is 3.59. The molecule has 18 heavy (non-hydrogen) atoms. The number of aryl methyl sites for hydroxylation is 2. The molecule has 1 atom stereocenters. The zero-order valence-electron chi connectivity index (χ0n) is 10.1. The molecule has 4 nitrogen and oxygen atoms in total. The van der Waals surface area contributed by atoms with Gasteiger partial charge in [0.2, 0.25) is 10.0 Å². The number of sulfonamides is 1. The van der Waals surface area contributed by atoms with Gasteiger partial charge in [0.25, 0.3) is 0 Å². The lowest BCUT2D eigenvalue weighted by atomic mass is 10.1. The number of fused-ring (bicyclic) bond motifs is 1. The molecular formula is C12H16N2O2S2. The van der Waals surface area contributed by atoms with Crippen LogP contribution in [0.4, 0.5) is 5.69 Å². The molecule has 1 aromatic rings. The zero-order chi connectivity index (χ0) is 13.3. The number of hydrogen-bond acceptors (Lipinski definition) is 3. The molecule has 0 heterocycles. The van der Waals surface area contributed by atoms with Gasteiger partial charge in [-0.3, -0.25) is 4.72 Å². The van der Waals surface area contributed by atoms with E-state index in [0.29, 0.717) is 5.69 Å². The zero-order valence-corrected chi connectivity index (χ0v) is 11.8. The summed E-state index contributed by atoms with van der Waals surface area (Å²) in [6.45, 7) is 1.48. The number of benzene rings is 1. The number of nitrogens with two attached hydrogens (primary N) is 1. The molecule has 1 unspecified atom stereocenters. The van der Waals surface area contributed by atoms with Crippen LogP contribution in [0.15, 0.2) is 18.2 Å². The summed E-state index contributed by atoms with van der Waals surface area (Å²) >= 11 is 4.72. The van der Waals surface area contributed by atoms with Crippen molar-refractivity contribution in [2.75, 3.05) is 4.72 Å². The van der Waals surface area contributed by atoms with E-state index in [1.807, 2.05) is 12.1 Å². The molecule has 0 saturated heterocycles. The second-order valence-corrected chi connectivity index (χ2v) is 7.00. The lowest BCUT2D eigenvalue weighted by Gasteiger charge is -2.14. The molecule has 0 amide bonds. The maximum Gasteiger partial charge on any atom is 0.241 e. The standard InChI is InChI=1S/C12H16N2O2S2/c1-8(12(13)17)18(15,16)14-11-6-5-9-3-2-4-10(9)7-11/h5-8,14H,2-4H2,1H3,(H2,13,17). The predicted molar refractivity (Wildman–Crippen MR) is 77.3 cm³/mol. The van der Waals surface area contributed by atoms with Crippen LogP contribution in [0.2, 0.25) is 0 Å². The molecule has 0 aromatic heterocycles. The number of hydrogen-bond donors (Lipinski definition) is 2. The first-order chi connectivity index (χ1) is 8.40. The third-order valence-electron chi connectivity index (χ3n) is 3.22. The second-order valence-electron chi connectivity index (χ2n) is 4.53. The van der Waals surface area contributed by atoms with Gasteiger partial charge in [-0.15, -0.1) is 0 Å². The van der Waals surface area contributed by atoms with E-state index in [4.69, 9.17) is 18.0 Å². The summed E-state index contributed by atoms with van der Waals surface area (Å²) in [5.74, 6) is 0. The fraction of sp³-hybridized carbons (Fsp3) is 0.417. The van der Waals surface area contributed by atoms with Crippen LogP contribution in [-0.2, 0) is 22.9 Å². The van der Waals surface area contributed by atoms with Gasteiger partial charge in [0.05, 0.1) is 4.99 Å². The van der Waals surface area contributed by atoms with Gasteiger partial charge in [-0.2, -0.15) is 0 Å². The van der Waals surface area contributed by atoms with Gasteiger partial charge in [-0.1, -0.05) is 18.3 Å². The average Bonchev–Trinajstić information content (AvgIpc) is 2.74. The molecule has 6 heteroatoms. The first kappa shape index (κ1) is 13.3. The monoisotopic (exact) mass is 284 g/mol. The summed E-state index contributed by atoms with van der Waals surface area (Å²) in [6, 6.07) is 5.66. The Morgan fingerprint density at radius 2 is 2.06 bits per heavy atom. The number of anilines is 1. The van der Waals surface area contributed by atoms with E-state index in [1.165, 1.54) is 18.1 Å². The van der Waals surface area contributed by atoms with Crippen molar-refractivity contribution in [2.45, 2.75) is 31.4 Å². The highest BCUT2D eigenvalue weighted by Gasteiger charge is 2.23. The van der Waals surface area contributed by atoms with Gasteiger partial charge in [0, 0.05) is 5.69 Å². The van der Waals surface area contributed by atoms with E-state index in [9.17, 15) is 8.42 Å². The van der Waals surface area contributed by atoms with Gasteiger partial charge in [0.15, 0.2) is 0 Å². The molecular weight excluding hydrogens is 268 g/mol. The Morgan fingerprint density at radius 3 is 2.72 bits per heavy atom. The molecule has 1 aromatic carbocycles. The average molecular weight is 284 g/mol. The lowest BCUT2D eigenvalue weighted by Crippen LogP contribution is -2.35. The molecule has 1 aliphatic carbocycles. The summed E-state index contributed by atoms with van der Waals surface area (Å²) in [6.07, 6.45) is 3.22. The van der Waals surface area contributed by atoms with Crippen LogP contribution >= 0.6 is 12.2 Å². The molecule has 0 saturated carbocycles. The Bertz CT molecular complexity index is 582. The van der Waals surface area contributed by atoms with Crippen molar-refractivity contribution in [3.8, 4) is 0 Å².